The van der Waals surface area contributed by atoms with Crippen LogP contribution in [0.25, 0.3) is 0 Å². The molecule has 0 bridgehead atoms. The van der Waals surface area contributed by atoms with Gasteiger partial charge in [0.25, 0.3) is 11.8 Å². The molecule has 0 aliphatic heterocycles. The minimum atomic E-state index is -0.299. The molecule has 1 aliphatic rings. The van der Waals surface area contributed by atoms with Crippen molar-refractivity contribution in [2.45, 2.75) is 32.4 Å². The van der Waals surface area contributed by atoms with E-state index in [0.29, 0.717) is 34.9 Å². The molecule has 2 N–H and O–H groups in total. The van der Waals surface area contributed by atoms with Gasteiger partial charge in [-0.2, -0.15) is 0 Å². The van der Waals surface area contributed by atoms with Crippen molar-refractivity contribution < 1.29 is 19.1 Å². The Morgan fingerprint density at radius 1 is 1.10 bits per heavy atom. The Kier molecular flexibility index (Phi) is 6.18. The molecule has 2 aromatic carbocycles. The summed E-state index contributed by atoms with van der Waals surface area (Å²) in [4.78, 5) is 29.4. The fraction of sp³-hybridized carbons (Fsp3) is 0.261. The summed E-state index contributed by atoms with van der Waals surface area (Å²) >= 11 is 1.50. The number of hydrogen-bond acceptors (Lipinski definition) is 6. The monoisotopic (exact) mass is 437 g/mol. The maximum absolute atomic E-state index is 12.8. The number of rotatable bonds is 8. The number of benzene rings is 2. The number of nitrogens with zero attached hydrogens (tertiary/aromatic N) is 1. The summed E-state index contributed by atoms with van der Waals surface area (Å²) in [5.41, 5.74) is 4.98. The first kappa shape index (κ1) is 20.9. The highest BCUT2D eigenvalue weighted by molar-refractivity contribution is 7.07. The van der Waals surface area contributed by atoms with Gasteiger partial charge in [0.15, 0.2) is 11.5 Å². The van der Waals surface area contributed by atoms with E-state index in [9.17, 15) is 9.59 Å². The number of anilines is 1. The molecule has 1 heterocycles. The van der Waals surface area contributed by atoms with Crippen molar-refractivity contribution in [3.05, 3.63) is 69.7 Å². The summed E-state index contributed by atoms with van der Waals surface area (Å²) in [5.74, 6) is 0.563. The maximum Gasteiger partial charge on any atom is 0.255 e. The number of carbonyl (C=O) groups is 2. The van der Waals surface area contributed by atoms with E-state index in [1.807, 2.05) is 18.4 Å². The Labute approximate surface area is 184 Å². The molecular weight excluding hydrogens is 414 g/mol. The van der Waals surface area contributed by atoms with Gasteiger partial charge in [0.2, 0.25) is 0 Å². The number of aryl methyl sites for hydroxylation is 1. The first-order valence-electron chi connectivity index (χ1n) is 9.94. The van der Waals surface area contributed by atoms with Crippen LogP contribution in [0.4, 0.5) is 5.69 Å². The molecular formula is C23H23N3O4S. The van der Waals surface area contributed by atoms with Crippen LogP contribution in [0.1, 0.15) is 44.8 Å². The second-order valence-corrected chi connectivity index (χ2v) is 8.08. The van der Waals surface area contributed by atoms with Crippen LogP contribution in [0.2, 0.25) is 0 Å². The molecule has 7 nitrogen and oxygen atoms in total. The first-order valence-corrected chi connectivity index (χ1v) is 10.9. The van der Waals surface area contributed by atoms with Crippen molar-refractivity contribution in [1.29, 1.82) is 0 Å². The average Bonchev–Trinajstić information content (AvgIpc) is 3.43. The standard InChI is InChI=1S/C23H23N3O4S/c1-14-3-4-15(22(27)25-17-6-7-17)9-19(14)26-23(28)16-5-8-20(21(10-16)29-2)30-11-18-12-31-13-24-18/h3-5,8-10,12-13,17H,6-7,11H2,1-2H3,(H,25,27)(H,26,28). The molecule has 0 atom stereocenters. The molecule has 1 fully saturated rings. The fourth-order valence-corrected chi connectivity index (χ4v) is 3.52. The highest BCUT2D eigenvalue weighted by Crippen LogP contribution is 2.29. The highest BCUT2D eigenvalue weighted by atomic mass is 32.1. The zero-order valence-electron chi connectivity index (χ0n) is 17.3. The number of amides is 2. The smallest absolute Gasteiger partial charge is 0.255 e. The summed E-state index contributed by atoms with van der Waals surface area (Å²) in [6.45, 7) is 2.20. The maximum atomic E-state index is 12.8. The summed E-state index contributed by atoms with van der Waals surface area (Å²) in [5, 5.41) is 7.76. The van der Waals surface area contributed by atoms with Crippen molar-refractivity contribution >= 4 is 28.8 Å². The van der Waals surface area contributed by atoms with Crippen molar-refractivity contribution in [3.63, 3.8) is 0 Å². The molecule has 31 heavy (non-hydrogen) atoms. The van der Waals surface area contributed by atoms with Gasteiger partial charge in [-0.15, -0.1) is 11.3 Å². The molecule has 0 spiro atoms. The van der Waals surface area contributed by atoms with Crippen molar-refractivity contribution in [2.75, 3.05) is 12.4 Å². The third-order valence-corrected chi connectivity index (χ3v) is 5.58. The van der Waals surface area contributed by atoms with Gasteiger partial charge in [-0.3, -0.25) is 9.59 Å². The number of carbonyl (C=O) groups excluding carboxylic acids is 2. The zero-order chi connectivity index (χ0) is 21.8. The molecule has 0 unspecified atom stereocenters. The van der Waals surface area contributed by atoms with Crippen LogP contribution >= 0.6 is 11.3 Å². The Morgan fingerprint density at radius 3 is 2.58 bits per heavy atom. The number of aromatic nitrogens is 1. The van der Waals surface area contributed by atoms with Gasteiger partial charge in [0.1, 0.15) is 6.61 Å². The van der Waals surface area contributed by atoms with E-state index in [4.69, 9.17) is 9.47 Å². The van der Waals surface area contributed by atoms with E-state index in [2.05, 4.69) is 15.6 Å². The number of methoxy groups -OCH3 is 1. The van der Waals surface area contributed by atoms with Gasteiger partial charge < -0.3 is 20.1 Å². The topological polar surface area (TPSA) is 89.5 Å². The SMILES string of the molecule is COc1cc(C(=O)Nc2cc(C(=O)NC3CC3)ccc2C)ccc1OCc1cscn1. The number of thiazole rings is 1. The molecule has 1 aliphatic carbocycles. The Bertz CT molecular complexity index is 1090. The Morgan fingerprint density at radius 2 is 1.87 bits per heavy atom. The lowest BCUT2D eigenvalue weighted by Gasteiger charge is -2.13. The normalized spacial score (nSPS) is 12.8. The van der Waals surface area contributed by atoms with Crippen LogP contribution in [0.3, 0.4) is 0 Å². The van der Waals surface area contributed by atoms with Gasteiger partial charge in [-0.1, -0.05) is 6.07 Å². The third kappa shape index (κ3) is 5.21. The first-order chi connectivity index (χ1) is 15.0. The van der Waals surface area contributed by atoms with Gasteiger partial charge in [-0.05, 0) is 55.7 Å². The summed E-state index contributed by atoms with van der Waals surface area (Å²) < 4.78 is 11.2. The van der Waals surface area contributed by atoms with Gasteiger partial charge in [0, 0.05) is 28.2 Å². The predicted octanol–water partition coefficient (Wildman–Crippen LogP) is 4.18. The summed E-state index contributed by atoms with van der Waals surface area (Å²) in [7, 11) is 1.53. The molecule has 3 aromatic rings. The van der Waals surface area contributed by atoms with Crippen LogP contribution in [0.15, 0.2) is 47.3 Å². The van der Waals surface area contributed by atoms with Crippen LogP contribution in [-0.4, -0.2) is 29.9 Å². The van der Waals surface area contributed by atoms with Crippen molar-refractivity contribution in [2.24, 2.45) is 0 Å². The molecule has 160 valence electrons. The summed E-state index contributed by atoms with van der Waals surface area (Å²) in [6, 6.07) is 10.6. The second kappa shape index (κ2) is 9.18. The molecule has 1 aromatic heterocycles. The quantitative estimate of drug-likeness (QED) is 0.552. The van der Waals surface area contributed by atoms with Crippen LogP contribution in [-0.2, 0) is 6.61 Å². The molecule has 2 amide bonds. The van der Waals surface area contributed by atoms with E-state index in [1.54, 1.807) is 35.8 Å². The van der Waals surface area contributed by atoms with E-state index in [-0.39, 0.29) is 17.9 Å². The third-order valence-electron chi connectivity index (χ3n) is 4.95. The number of nitrogens with one attached hydrogen (secondary N) is 2. The van der Waals surface area contributed by atoms with E-state index in [0.717, 1.165) is 24.1 Å². The lowest BCUT2D eigenvalue weighted by molar-refractivity contribution is 0.0949. The minimum absolute atomic E-state index is 0.124. The van der Waals surface area contributed by atoms with Crippen LogP contribution in [0.5, 0.6) is 11.5 Å². The van der Waals surface area contributed by atoms with Gasteiger partial charge in [0.05, 0.1) is 18.3 Å². The van der Waals surface area contributed by atoms with Crippen LogP contribution < -0.4 is 20.1 Å². The predicted molar refractivity (Wildman–Crippen MR) is 119 cm³/mol. The van der Waals surface area contributed by atoms with Gasteiger partial charge >= 0.3 is 0 Å². The van der Waals surface area contributed by atoms with Gasteiger partial charge in [-0.25, -0.2) is 4.98 Å². The Balaban J connectivity index is 1.47. The van der Waals surface area contributed by atoms with E-state index in [1.165, 1.54) is 18.4 Å². The average molecular weight is 438 g/mol. The minimum Gasteiger partial charge on any atom is -0.493 e. The zero-order valence-corrected chi connectivity index (χ0v) is 18.1. The molecule has 1 saturated carbocycles. The van der Waals surface area contributed by atoms with Crippen molar-refractivity contribution in [3.8, 4) is 11.5 Å². The van der Waals surface area contributed by atoms with E-state index < -0.39 is 0 Å². The molecule has 8 heteroatoms. The molecule has 4 rings (SSSR count). The molecule has 0 radical (unpaired) electrons. The Hall–Kier alpha value is -3.39. The largest absolute Gasteiger partial charge is 0.493 e. The molecule has 0 saturated heterocycles. The summed E-state index contributed by atoms with van der Waals surface area (Å²) in [6.07, 6.45) is 2.04. The highest BCUT2D eigenvalue weighted by Gasteiger charge is 2.24. The second-order valence-electron chi connectivity index (χ2n) is 7.37. The number of ether oxygens (including phenoxy) is 2. The van der Waals surface area contributed by atoms with Crippen LogP contribution in [0, 0.1) is 6.92 Å². The van der Waals surface area contributed by atoms with Crippen molar-refractivity contribution in [1.82, 2.24) is 10.3 Å². The van der Waals surface area contributed by atoms with E-state index >= 15 is 0 Å². The lowest BCUT2D eigenvalue weighted by Crippen LogP contribution is -2.25. The fourth-order valence-electron chi connectivity index (χ4n) is 2.98. The number of hydrogen-bond donors (Lipinski definition) is 2. The lowest BCUT2D eigenvalue weighted by atomic mass is 10.1.